The first kappa shape index (κ1) is 11.6. The van der Waals surface area contributed by atoms with Crippen molar-refractivity contribution in [2.24, 2.45) is 0 Å². The Labute approximate surface area is 91.3 Å². The molecule has 0 saturated heterocycles. The molecule has 1 unspecified atom stereocenters. The molecule has 0 spiro atoms. The number of rotatable bonds is 4. The normalized spacial score (nSPS) is 12.9. The summed E-state index contributed by atoms with van der Waals surface area (Å²) in [6.07, 6.45) is 0. The van der Waals surface area contributed by atoms with Gasteiger partial charge in [-0.25, -0.2) is 4.39 Å². The highest BCUT2D eigenvalue weighted by Gasteiger charge is 2.14. The second-order valence-corrected chi connectivity index (χ2v) is 4.02. The van der Waals surface area contributed by atoms with Gasteiger partial charge in [-0.3, -0.25) is 0 Å². The van der Waals surface area contributed by atoms with Gasteiger partial charge in [-0.2, -0.15) is 0 Å². The third-order valence-corrected chi connectivity index (χ3v) is 2.56. The molecule has 0 aliphatic heterocycles. The first-order valence-corrected chi connectivity index (χ1v) is 5.18. The summed E-state index contributed by atoms with van der Waals surface area (Å²) in [4.78, 5) is 0. The molecule has 0 saturated carbocycles. The van der Waals surface area contributed by atoms with Crippen LogP contribution in [0.3, 0.4) is 0 Å². The average molecular weight is 262 g/mol. The fourth-order valence-electron chi connectivity index (χ4n) is 1.35. The average Bonchev–Trinajstić information content (AvgIpc) is 2.18. The van der Waals surface area contributed by atoms with Gasteiger partial charge in [-0.15, -0.1) is 0 Å². The van der Waals surface area contributed by atoms with Crippen LogP contribution in [0.15, 0.2) is 22.7 Å². The Morgan fingerprint density at radius 2 is 2.29 bits per heavy atom. The molecule has 2 N–H and O–H groups in total. The number of aliphatic hydroxyl groups is 1. The summed E-state index contributed by atoms with van der Waals surface area (Å²) in [5.74, 6) is -0.472. The molecular formula is C10H13BrFNO. The smallest absolute Gasteiger partial charge is 0.126 e. The molecule has 1 rings (SSSR count). The molecule has 0 fully saturated rings. The molecule has 0 aliphatic rings. The van der Waals surface area contributed by atoms with Crippen molar-refractivity contribution < 1.29 is 9.50 Å². The van der Waals surface area contributed by atoms with Crippen LogP contribution in [-0.4, -0.2) is 25.3 Å². The summed E-state index contributed by atoms with van der Waals surface area (Å²) in [5, 5.41) is 12.0. The number of aliphatic hydroxyl groups excluding tert-OH is 1. The summed E-state index contributed by atoms with van der Waals surface area (Å²) in [7, 11) is 1.78. The van der Waals surface area contributed by atoms with Crippen molar-refractivity contribution in [3.63, 3.8) is 0 Å². The van der Waals surface area contributed by atoms with Crippen LogP contribution in [0.1, 0.15) is 11.5 Å². The summed E-state index contributed by atoms with van der Waals surface area (Å²) < 4.78 is 14.2. The number of benzene rings is 1. The molecule has 0 radical (unpaired) electrons. The maximum Gasteiger partial charge on any atom is 0.126 e. The van der Waals surface area contributed by atoms with Crippen LogP contribution in [-0.2, 0) is 0 Å². The van der Waals surface area contributed by atoms with Crippen LogP contribution in [0.4, 0.5) is 4.39 Å². The molecule has 0 bridgehead atoms. The van der Waals surface area contributed by atoms with Gasteiger partial charge in [-0.1, -0.05) is 15.9 Å². The van der Waals surface area contributed by atoms with Crippen LogP contribution >= 0.6 is 15.9 Å². The van der Waals surface area contributed by atoms with Crippen molar-refractivity contribution in [2.75, 3.05) is 20.2 Å². The lowest BCUT2D eigenvalue weighted by atomic mass is 9.99. The molecule has 0 aromatic heterocycles. The quantitative estimate of drug-likeness (QED) is 0.868. The molecule has 4 heteroatoms. The van der Waals surface area contributed by atoms with E-state index in [-0.39, 0.29) is 18.3 Å². The van der Waals surface area contributed by atoms with Crippen LogP contribution in [0.25, 0.3) is 0 Å². The second kappa shape index (κ2) is 5.44. The first-order chi connectivity index (χ1) is 6.69. The Kier molecular flexibility index (Phi) is 4.51. The van der Waals surface area contributed by atoms with Gasteiger partial charge in [0.25, 0.3) is 0 Å². The Balaban J connectivity index is 2.96. The van der Waals surface area contributed by atoms with E-state index >= 15 is 0 Å². The van der Waals surface area contributed by atoms with Gasteiger partial charge in [-0.05, 0) is 30.8 Å². The van der Waals surface area contributed by atoms with Crippen molar-refractivity contribution in [1.82, 2.24) is 5.32 Å². The van der Waals surface area contributed by atoms with Gasteiger partial charge < -0.3 is 10.4 Å². The largest absolute Gasteiger partial charge is 0.396 e. The highest BCUT2D eigenvalue weighted by atomic mass is 79.9. The van der Waals surface area contributed by atoms with Gasteiger partial charge in [0.1, 0.15) is 5.82 Å². The molecule has 0 aliphatic carbocycles. The summed E-state index contributed by atoms with van der Waals surface area (Å²) in [5.41, 5.74) is 0.538. The summed E-state index contributed by atoms with van der Waals surface area (Å²) >= 11 is 3.28. The minimum absolute atomic E-state index is 0.0613. The molecule has 1 aromatic rings. The summed E-state index contributed by atoms with van der Waals surface area (Å²) in [6.45, 7) is 0.498. The molecule has 0 amide bonds. The van der Waals surface area contributed by atoms with E-state index < -0.39 is 0 Å². The fraction of sp³-hybridized carbons (Fsp3) is 0.400. The predicted octanol–water partition coefficient (Wildman–Crippen LogP) is 1.88. The minimum Gasteiger partial charge on any atom is -0.396 e. The van der Waals surface area contributed by atoms with Gasteiger partial charge in [0.2, 0.25) is 0 Å². The highest BCUT2D eigenvalue weighted by molar-refractivity contribution is 9.10. The molecule has 2 nitrogen and oxygen atoms in total. The van der Waals surface area contributed by atoms with E-state index in [9.17, 15) is 4.39 Å². The molecular weight excluding hydrogens is 249 g/mol. The second-order valence-electron chi connectivity index (χ2n) is 3.10. The zero-order valence-corrected chi connectivity index (χ0v) is 9.51. The van der Waals surface area contributed by atoms with Crippen LogP contribution in [0.5, 0.6) is 0 Å². The lowest BCUT2D eigenvalue weighted by Crippen LogP contribution is -2.21. The van der Waals surface area contributed by atoms with E-state index in [1.165, 1.54) is 6.07 Å². The van der Waals surface area contributed by atoms with Crippen molar-refractivity contribution in [3.05, 3.63) is 34.1 Å². The fourth-order valence-corrected chi connectivity index (χ4v) is 1.73. The zero-order valence-electron chi connectivity index (χ0n) is 7.93. The van der Waals surface area contributed by atoms with Gasteiger partial charge in [0.05, 0.1) is 6.61 Å². The molecule has 0 heterocycles. The third kappa shape index (κ3) is 2.77. The zero-order chi connectivity index (χ0) is 10.6. The SMILES string of the molecule is CNCC(CO)c1cc(Br)ccc1F. The topological polar surface area (TPSA) is 32.3 Å². The maximum absolute atomic E-state index is 13.4. The van der Waals surface area contributed by atoms with Crippen molar-refractivity contribution in [2.45, 2.75) is 5.92 Å². The molecule has 78 valence electrons. The monoisotopic (exact) mass is 261 g/mol. The van der Waals surface area contributed by atoms with E-state index in [0.29, 0.717) is 12.1 Å². The summed E-state index contributed by atoms with van der Waals surface area (Å²) in [6, 6.07) is 4.75. The number of hydrogen-bond donors (Lipinski definition) is 2. The third-order valence-electron chi connectivity index (χ3n) is 2.07. The van der Waals surface area contributed by atoms with Crippen LogP contribution in [0.2, 0.25) is 0 Å². The van der Waals surface area contributed by atoms with Gasteiger partial charge >= 0.3 is 0 Å². The van der Waals surface area contributed by atoms with Crippen molar-refractivity contribution in [3.8, 4) is 0 Å². The Hall–Kier alpha value is -0.450. The predicted molar refractivity (Wildman–Crippen MR) is 57.9 cm³/mol. The molecule has 1 aromatic carbocycles. The van der Waals surface area contributed by atoms with Crippen LogP contribution < -0.4 is 5.32 Å². The first-order valence-electron chi connectivity index (χ1n) is 4.39. The van der Waals surface area contributed by atoms with Crippen LogP contribution in [0, 0.1) is 5.82 Å². The highest BCUT2D eigenvalue weighted by Crippen LogP contribution is 2.22. The number of likely N-dealkylation sites (N-methyl/N-ethyl adjacent to an activating group) is 1. The Morgan fingerprint density at radius 1 is 1.57 bits per heavy atom. The van der Waals surface area contributed by atoms with Gasteiger partial charge in [0.15, 0.2) is 0 Å². The van der Waals surface area contributed by atoms with E-state index in [0.717, 1.165) is 4.47 Å². The Morgan fingerprint density at radius 3 is 2.86 bits per heavy atom. The maximum atomic E-state index is 13.4. The van der Waals surface area contributed by atoms with E-state index in [1.54, 1.807) is 19.2 Å². The van der Waals surface area contributed by atoms with E-state index in [2.05, 4.69) is 21.2 Å². The molecule has 14 heavy (non-hydrogen) atoms. The molecule has 1 atom stereocenters. The lowest BCUT2D eigenvalue weighted by Gasteiger charge is -2.15. The standard InChI is InChI=1S/C10H13BrFNO/c1-13-5-7(6-14)9-4-8(11)2-3-10(9)12/h2-4,7,13-14H,5-6H2,1H3. The number of hydrogen-bond acceptors (Lipinski definition) is 2. The number of halogens is 2. The van der Waals surface area contributed by atoms with Crippen molar-refractivity contribution in [1.29, 1.82) is 0 Å². The Bertz CT molecular complexity index is 306. The lowest BCUT2D eigenvalue weighted by molar-refractivity contribution is 0.260. The van der Waals surface area contributed by atoms with E-state index in [4.69, 9.17) is 5.11 Å². The van der Waals surface area contributed by atoms with Crippen molar-refractivity contribution >= 4 is 15.9 Å². The van der Waals surface area contributed by atoms with Gasteiger partial charge in [0, 0.05) is 16.9 Å². The minimum atomic E-state index is -0.275. The number of nitrogens with one attached hydrogen (secondary N) is 1. The van der Waals surface area contributed by atoms with E-state index in [1.807, 2.05) is 0 Å².